The van der Waals surface area contributed by atoms with E-state index in [1.54, 1.807) is 6.07 Å². The molecule has 2 aliphatic heterocycles. The number of hydrogen-bond acceptors (Lipinski definition) is 3. The summed E-state index contributed by atoms with van der Waals surface area (Å²) in [5, 5.41) is 0.727. The van der Waals surface area contributed by atoms with Crippen molar-refractivity contribution in [2.45, 2.75) is 25.4 Å². The van der Waals surface area contributed by atoms with Crippen molar-refractivity contribution in [2.24, 2.45) is 5.92 Å². The summed E-state index contributed by atoms with van der Waals surface area (Å²) in [4.78, 5) is 19.6. The van der Waals surface area contributed by atoms with Crippen LogP contribution in [-0.2, 0) is 13.1 Å². The summed E-state index contributed by atoms with van der Waals surface area (Å²) in [5.74, 6) is 0.865. The highest BCUT2D eigenvalue weighted by atomic mass is 35.5. The number of halogens is 1. The van der Waals surface area contributed by atoms with Crippen molar-refractivity contribution < 1.29 is 0 Å². The molecule has 3 aromatic rings. The highest BCUT2D eigenvalue weighted by molar-refractivity contribution is 6.30. The van der Waals surface area contributed by atoms with Gasteiger partial charge < -0.3 is 4.57 Å². The Kier molecular flexibility index (Phi) is 4.53. The Morgan fingerprint density at radius 3 is 2.64 bits per heavy atom. The second-order valence-corrected chi connectivity index (χ2v) is 8.34. The molecule has 2 atom stereocenters. The van der Waals surface area contributed by atoms with Crippen molar-refractivity contribution in [3.63, 3.8) is 0 Å². The smallest absolute Gasteiger partial charge is 0.250 e. The molecule has 1 fully saturated rings. The van der Waals surface area contributed by atoms with Crippen molar-refractivity contribution >= 4 is 11.6 Å². The number of likely N-dealkylation sites (tertiary alicyclic amines) is 1. The summed E-state index contributed by atoms with van der Waals surface area (Å²) < 4.78 is 2.01. The molecule has 0 saturated carbocycles. The van der Waals surface area contributed by atoms with E-state index in [-0.39, 0.29) is 5.56 Å². The highest BCUT2D eigenvalue weighted by Gasteiger charge is 2.36. The van der Waals surface area contributed by atoms with Crippen LogP contribution in [0.3, 0.4) is 0 Å². The van der Waals surface area contributed by atoms with Crippen molar-refractivity contribution in [3.05, 3.63) is 87.6 Å². The zero-order valence-electron chi connectivity index (χ0n) is 15.6. The zero-order chi connectivity index (χ0) is 19.1. The van der Waals surface area contributed by atoms with E-state index >= 15 is 0 Å². The lowest BCUT2D eigenvalue weighted by molar-refractivity contribution is 0.113. The van der Waals surface area contributed by atoms with Crippen molar-refractivity contribution in [2.75, 3.05) is 13.1 Å². The van der Waals surface area contributed by atoms with Crippen LogP contribution in [-0.4, -0.2) is 27.5 Å². The fraction of sp³-hybridized carbons (Fsp3) is 0.304. The molecule has 2 aromatic heterocycles. The van der Waals surface area contributed by atoms with Gasteiger partial charge in [-0.2, -0.15) is 0 Å². The van der Waals surface area contributed by atoms with E-state index in [0.29, 0.717) is 11.8 Å². The summed E-state index contributed by atoms with van der Waals surface area (Å²) in [5.41, 5.74) is 4.66. The average Bonchev–Trinajstić information content (AvgIpc) is 2.70. The minimum absolute atomic E-state index is 0.112. The monoisotopic (exact) mass is 391 g/mol. The number of hydrogen-bond donors (Lipinski definition) is 0. The Morgan fingerprint density at radius 2 is 1.86 bits per heavy atom. The van der Waals surface area contributed by atoms with E-state index in [0.717, 1.165) is 54.4 Å². The maximum Gasteiger partial charge on any atom is 0.250 e. The van der Waals surface area contributed by atoms with E-state index < -0.39 is 0 Å². The van der Waals surface area contributed by atoms with Gasteiger partial charge >= 0.3 is 0 Å². The third-order valence-corrected chi connectivity index (χ3v) is 6.18. The van der Waals surface area contributed by atoms with Gasteiger partial charge in [0.1, 0.15) is 0 Å². The van der Waals surface area contributed by atoms with E-state index in [1.807, 2.05) is 53.2 Å². The van der Waals surface area contributed by atoms with Crippen LogP contribution in [0, 0.1) is 5.92 Å². The first-order valence-electron chi connectivity index (χ1n) is 9.79. The third kappa shape index (κ3) is 3.27. The fourth-order valence-electron chi connectivity index (χ4n) is 4.84. The van der Waals surface area contributed by atoms with Gasteiger partial charge in [-0.25, -0.2) is 0 Å². The molecule has 2 bridgehead atoms. The summed E-state index contributed by atoms with van der Waals surface area (Å²) in [6, 6.07) is 17.7. The number of piperidine rings is 1. The van der Waals surface area contributed by atoms with Gasteiger partial charge in [-0.15, -0.1) is 0 Å². The maximum absolute atomic E-state index is 12.6. The molecular formula is C23H22ClN3O. The Bertz CT molecular complexity index is 1050. The number of fused-ring (bicyclic) bond motifs is 4. The summed E-state index contributed by atoms with van der Waals surface area (Å²) >= 11 is 6.08. The van der Waals surface area contributed by atoms with Crippen molar-refractivity contribution in [3.8, 4) is 11.1 Å². The SMILES string of the molecule is O=c1ccc(-c2ccc(Cl)cc2)c2n1CC1CC2CN(Cc2ccccn2)C1. The predicted molar refractivity (Wildman–Crippen MR) is 112 cm³/mol. The molecule has 2 aliphatic rings. The van der Waals surface area contributed by atoms with Gasteiger partial charge in [-0.1, -0.05) is 29.8 Å². The molecule has 0 amide bonds. The molecule has 5 heteroatoms. The average molecular weight is 392 g/mol. The lowest BCUT2D eigenvalue weighted by atomic mass is 9.80. The van der Waals surface area contributed by atoms with Crippen LogP contribution in [0.15, 0.2) is 65.6 Å². The Hall–Kier alpha value is -2.43. The molecule has 2 unspecified atom stereocenters. The number of pyridine rings is 2. The molecule has 142 valence electrons. The summed E-state index contributed by atoms with van der Waals surface area (Å²) in [6.45, 7) is 3.63. The lowest BCUT2D eigenvalue weighted by Gasteiger charge is -2.43. The molecule has 1 aromatic carbocycles. The van der Waals surface area contributed by atoms with Gasteiger partial charge in [0.25, 0.3) is 5.56 Å². The van der Waals surface area contributed by atoms with Gasteiger partial charge in [0, 0.05) is 60.6 Å². The first kappa shape index (κ1) is 17.7. The van der Waals surface area contributed by atoms with Gasteiger partial charge in [0.2, 0.25) is 0 Å². The van der Waals surface area contributed by atoms with E-state index in [9.17, 15) is 4.79 Å². The number of nitrogens with zero attached hydrogens (tertiary/aromatic N) is 3. The van der Waals surface area contributed by atoms with Crippen LogP contribution >= 0.6 is 11.6 Å². The molecule has 4 nitrogen and oxygen atoms in total. The Balaban J connectivity index is 1.51. The van der Waals surface area contributed by atoms with E-state index in [4.69, 9.17) is 11.6 Å². The third-order valence-electron chi connectivity index (χ3n) is 5.93. The second-order valence-electron chi connectivity index (χ2n) is 7.90. The molecule has 0 spiro atoms. The normalized spacial score (nSPS) is 21.3. The van der Waals surface area contributed by atoms with E-state index in [1.165, 1.54) is 5.69 Å². The molecule has 0 radical (unpaired) electrons. The quantitative estimate of drug-likeness (QED) is 0.672. The van der Waals surface area contributed by atoms with Gasteiger partial charge in [0.15, 0.2) is 0 Å². The van der Waals surface area contributed by atoms with Crippen LogP contribution in [0.25, 0.3) is 11.1 Å². The largest absolute Gasteiger partial charge is 0.311 e. The maximum atomic E-state index is 12.6. The minimum atomic E-state index is 0.112. The number of benzene rings is 1. The van der Waals surface area contributed by atoms with Crippen LogP contribution in [0.2, 0.25) is 5.02 Å². The molecule has 5 rings (SSSR count). The lowest BCUT2D eigenvalue weighted by Crippen LogP contribution is -2.47. The topological polar surface area (TPSA) is 38.1 Å². The molecule has 0 aliphatic carbocycles. The molecular weight excluding hydrogens is 370 g/mol. The molecule has 4 heterocycles. The first-order chi connectivity index (χ1) is 13.7. The number of aromatic nitrogens is 2. The highest BCUT2D eigenvalue weighted by Crippen LogP contribution is 2.40. The number of rotatable bonds is 3. The zero-order valence-corrected chi connectivity index (χ0v) is 16.3. The van der Waals surface area contributed by atoms with Crippen LogP contribution in [0.1, 0.15) is 23.7 Å². The Morgan fingerprint density at radius 1 is 1.00 bits per heavy atom. The van der Waals surface area contributed by atoms with Crippen LogP contribution in [0.5, 0.6) is 0 Å². The standard InChI is InChI=1S/C23H22ClN3O/c24-19-6-4-17(5-7-19)21-8-9-22(28)27-13-16-11-18(23(21)27)14-26(12-16)15-20-3-1-2-10-25-20/h1-10,16,18H,11-15H2. The van der Waals surface area contributed by atoms with Gasteiger partial charge in [0.05, 0.1) is 5.69 Å². The molecule has 28 heavy (non-hydrogen) atoms. The molecule has 1 saturated heterocycles. The summed E-state index contributed by atoms with van der Waals surface area (Å²) in [6.07, 6.45) is 3.00. The predicted octanol–water partition coefficient (Wildman–Crippen LogP) is 4.18. The molecule has 0 N–H and O–H groups in total. The van der Waals surface area contributed by atoms with Gasteiger partial charge in [-0.05, 0) is 48.2 Å². The van der Waals surface area contributed by atoms with Gasteiger partial charge in [-0.3, -0.25) is 14.7 Å². The fourth-order valence-corrected chi connectivity index (χ4v) is 4.96. The van der Waals surface area contributed by atoms with Crippen molar-refractivity contribution in [1.29, 1.82) is 0 Å². The summed E-state index contributed by atoms with van der Waals surface area (Å²) in [7, 11) is 0. The first-order valence-corrected chi connectivity index (χ1v) is 10.2. The van der Waals surface area contributed by atoms with Crippen molar-refractivity contribution in [1.82, 2.24) is 14.5 Å². The van der Waals surface area contributed by atoms with Crippen LogP contribution in [0.4, 0.5) is 0 Å². The Labute approximate surface area is 169 Å². The second kappa shape index (κ2) is 7.19. The van der Waals surface area contributed by atoms with Crippen LogP contribution < -0.4 is 5.56 Å². The van der Waals surface area contributed by atoms with E-state index in [2.05, 4.69) is 16.0 Å². The minimum Gasteiger partial charge on any atom is -0.311 e.